The highest BCUT2D eigenvalue weighted by molar-refractivity contribution is 5.80. The van der Waals surface area contributed by atoms with Crippen LogP contribution >= 0.6 is 0 Å². The number of piperazine rings is 1. The number of aryl methyl sites for hydroxylation is 1. The molecule has 2 fully saturated rings. The molecule has 38 heavy (non-hydrogen) atoms. The van der Waals surface area contributed by atoms with E-state index in [9.17, 15) is 4.79 Å². The van der Waals surface area contributed by atoms with Crippen molar-refractivity contribution in [2.45, 2.75) is 64.1 Å². The lowest BCUT2D eigenvalue weighted by Gasteiger charge is -2.43. The molecule has 1 aliphatic carbocycles. The van der Waals surface area contributed by atoms with E-state index < -0.39 is 0 Å². The van der Waals surface area contributed by atoms with Crippen LogP contribution in [0.3, 0.4) is 0 Å². The predicted molar refractivity (Wildman–Crippen MR) is 149 cm³/mol. The maximum atomic E-state index is 13.6. The van der Waals surface area contributed by atoms with Gasteiger partial charge in [0.15, 0.2) is 5.82 Å². The lowest BCUT2D eigenvalue weighted by Crippen LogP contribution is -2.52. The minimum absolute atomic E-state index is 0.0734. The fourth-order valence-corrected chi connectivity index (χ4v) is 6.28. The summed E-state index contributed by atoms with van der Waals surface area (Å²) in [6.45, 7) is 6.49. The van der Waals surface area contributed by atoms with Gasteiger partial charge < -0.3 is 4.98 Å². The van der Waals surface area contributed by atoms with E-state index in [0.29, 0.717) is 18.2 Å². The SMILES string of the molecule is CCc1ccc2[nH]c(=O)c([C@H](c3nnnn3Cc3ccccc3)N3CCN(C4CCCCC4)CC3)cc2c1. The van der Waals surface area contributed by atoms with Crippen molar-refractivity contribution in [3.63, 3.8) is 0 Å². The van der Waals surface area contributed by atoms with Crippen molar-refractivity contribution >= 4 is 10.9 Å². The number of rotatable bonds is 7. The van der Waals surface area contributed by atoms with Crippen LogP contribution in [0.25, 0.3) is 10.9 Å². The second-order valence-corrected chi connectivity index (χ2v) is 10.8. The summed E-state index contributed by atoms with van der Waals surface area (Å²) in [5.41, 5.74) is 3.88. The molecule has 198 valence electrons. The molecule has 4 aromatic rings. The Morgan fingerprint density at radius 3 is 2.50 bits per heavy atom. The van der Waals surface area contributed by atoms with E-state index >= 15 is 0 Å². The van der Waals surface area contributed by atoms with Crippen LogP contribution in [-0.2, 0) is 13.0 Å². The first-order valence-electron chi connectivity index (χ1n) is 14.1. The van der Waals surface area contributed by atoms with Crippen LogP contribution in [0.2, 0.25) is 0 Å². The lowest BCUT2D eigenvalue weighted by atomic mass is 9.93. The lowest BCUT2D eigenvalue weighted by molar-refractivity contribution is 0.0618. The zero-order chi connectivity index (χ0) is 25.9. The molecule has 0 bridgehead atoms. The molecule has 8 nitrogen and oxygen atoms in total. The van der Waals surface area contributed by atoms with Crippen molar-refractivity contribution in [2.24, 2.45) is 0 Å². The van der Waals surface area contributed by atoms with E-state index in [1.165, 1.54) is 37.7 Å². The molecule has 1 N–H and O–H groups in total. The summed E-state index contributed by atoms with van der Waals surface area (Å²) >= 11 is 0. The van der Waals surface area contributed by atoms with Crippen LogP contribution < -0.4 is 5.56 Å². The Kier molecular flexibility index (Phi) is 7.33. The van der Waals surface area contributed by atoms with E-state index in [-0.39, 0.29) is 11.6 Å². The van der Waals surface area contributed by atoms with Crippen LogP contribution in [0.5, 0.6) is 0 Å². The molecule has 0 amide bonds. The number of nitrogens with one attached hydrogen (secondary N) is 1. The monoisotopic (exact) mass is 511 g/mol. The van der Waals surface area contributed by atoms with Crippen LogP contribution in [0.15, 0.2) is 59.4 Å². The summed E-state index contributed by atoms with van der Waals surface area (Å²) in [4.78, 5) is 21.8. The number of fused-ring (bicyclic) bond motifs is 1. The van der Waals surface area contributed by atoms with Gasteiger partial charge >= 0.3 is 0 Å². The van der Waals surface area contributed by atoms with Crippen molar-refractivity contribution in [3.05, 3.63) is 87.5 Å². The molecule has 1 saturated carbocycles. The molecular formula is C30H37N7O. The Morgan fingerprint density at radius 2 is 1.74 bits per heavy atom. The van der Waals surface area contributed by atoms with Gasteiger partial charge in [-0.05, 0) is 64.4 Å². The Balaban J connectivity index is 1.37. The molecule has 1 atom stereocenters. The first-order valence-corrected chi connectivity index (χ1v) is 14.1. The van der Waals surface area contributed by atoms with E-state index in [2.05, 4.69) is 67.6 Å². The first kappa shape index (κ1) is 24.9. The maximum Gasteiger partial charge on any atom is 0.253 e. The summed E-state index contributed by atoms with van der Waals surface area (Å²) in [6.07, 6.45) is 7.62. The summed E-state index contributed by atoms with van der Waals surface area (Å²) < 4.78 is 1.86. The Bertz CT molecular complexity index is 1420. The van der Waals surface area contributed by atoms with Crippen LogP contribution in [-0.4, -0.2) is 67.2 Å². The van der Waals surface area contributed by atoms with Crippen molar-refractivity contribution in [1.29, 1.82) is 0 Å². The molecule has 8 heteroatoms. The van der Waals surface area contributed by atoms with Gasteiger partial charge in [-0.2, -0.15) is 0 Å². The number of hydrogen-bond donors (Lipinski definition) is 1. The molecule has 3 heterocycles. The summed E-state index contributed by atoms with van der Waals surface area (Å²) in [5.74, 6) is 0.719. The van der Waals surface area contributed by atoms with Crippen LogP contribution in [0, 0.1) is 0 Å². The smallest absolute Gasteiger partial charge is 0.253 e. The highest BCUT2D eigenvalue weighted by Crippen LogP contribution is 2.30. The molecule has 2 aromatic heterocycles. The van der Waals surface area contributed by atoms with Gasteiger partial charge in [-0.25, -0.2) is 4.68 Å². The molecule has 2 aliphatic rings. The number of benzene rings is 2. The molecule has 0 unspecified atom stereocenters. The number of aromatic amines is 1. The fourth-order valence-electron chi connectivity index (χ4n) is 6.28. The third-order valence-electron chi connectivity index (χ3n) is 8.42. The molecule has 0 radical (unpaired) electrons. The zero-order valence-corrected chi connectivity index (χ0v) is 22.2. The van der Waals surface area contributed by atoms with Gasteiger partial charge in [-0.3, -0.25) is 14.6 Å². The zero-order valence-electron chi connectivity index (χ0n) is 22.2. The van der Waals surface area contributed by atoms with Gasteiger partial charge in [-0.15, -0.1) is 5.10 Å². The quantitative estimate of drug-likeness (QED) is 0.401. The minimum Gasteiger partial charge on any atom is -0.322 e. The van der Waals surface area contributed by atoms with E-state index in [4.69, 9.17) is 0 Å². The summed E-state index contributed by atoms with van der Waals surface area (Å²) in [6, 6.07) is 18.9. The minimum atomic E-state index is -0.319. The average Bonchev–Trinajstić information content (AvgIpc) is 3.42. The predicted octanol–water partition coefficient (Wildman–Crippen LogP) is 4.17. The van der Waals surface area contributed by atoms with Crippen molar-refractivity contribution < 1.29 is 0 Å². The molecule has 2 aromatic carbocycles. The van der Waals surface area contributed by atoms with E-state index in [1.807, 2.05) is 28.9 Å². The Labute approximate surface area is 223 Å². The normalized spacial score (nSPS) is 18.7. The van der Waals surface area contributed by atoms with Gasteiger partial charge in [0, 0.05) is 43.3 Å². The van der Waals surface area contributed by atoms with Gasteiger partial charge in [0.1, 0.15) is 6.04 Å². The molecule has 1 saturated heterocycles. The number of tetrazole rings is 1. The van der Waals surface area contributed by atoms with Crippen LogP contribution in [0.4, 0.5) is 0 Å². The van der Waals surface area contributed by atoms with Gasteiger partial charge in [0.05, 0.1) is 6.54 Å². The van der Waals surface area contributed by atoms with Gasteiger partial charge in [0.25, 0.3) is 5.56 Å². The largest absolute Gasteiger partial charge is 0.322 e. The molecule has 0 spiro atoms. The van der Waals surface area contributed by atoms with E-state index in [0.717, 1.165) is 54.9 Å². The summed E-state index contributed by atoms with van der Waals surface area (Å²) in [7, 11) is 0. The Morgan fingerprint density at radius 1 is 0.947 bits per heavy atom. The van der Waals surface area contributed by atoms with Crippen molar-refractivity contribution in [2.75, 3.05) is 26.2 Å². The first-order chi connectivity index (χ1) is 18.7. The fraction of sp³-hybridized carbons (Fsp3) is 0.467. The Hall–Kier alpha value is -3.36. The second-order valence-electron chi connectivity index (χ2n) is 10.8. The summed E-state index contributed by atoms with van der Waals surface area (Å²) in [5, 5.41) is 14.0. The van der Waals surface area contributed by atoms with Gasteiger partial charge in [-0.1, -0.05) is 62.6 Å². The maximum absolute atomic E-state index is 13.6. The number of nitrogens with zero attached hydrogens (tertiary/aromatic N) is 6. The van der Waals surface area contributed by atoms with Gasteiger partial charge in [0.2, 0.25) is 0 Å². The topological polar surface area (TPSA) is 82.9 Å². The molecular weight excluding hydrogens is 474 g/mol. The number of hydrogen-bond acceptors (Lipinski definition) is 6. The third-order valence-corrected chi connectivity index (χ3v) is 8.42. The second kappa shape index (κ2) is 11.2. The third kappa shape index (κ3) is 5.15. The highest BCUT2D eigenvalue weighted by Gasteiger charge is 2.34. The standard InChI is InChI=1S/C30H37N7O/c1-2-22-13-14-27-24(19-22)20-26(30(38)31-27)28(29-32-33-34-37(29)21-23-9-5-3-6-10-23)36-17-15-35(16-18-36)25-11-7-4-8-12-25/h3,5-6,9-10,13-14,19-20,25,28H,2,4,7-8,11-12,15-18,21H2,1H3,(H,31,38)/t28-/m1/s1. The molecule has 1 aliphatic heterocycles. The average molecular weight is 512 g/mol. The molecule has 6 rings (SSSR count). The van der Waals surface area contributed by atoms with Crippen molar-refractivity contribution in [1.82, 2.24) is 35.0 Å². The highest BCUT2D eigenvalue weighted by atomic mass is 16.1. The van der Waals surface area contributed by atoms with Crippen molar-refractivity contribution in [3.8, 4) is 0 Å². The van der Waals surface area contributed by atoms with E-state index in [1.54, 1.807) is 0 Å². The van der Waals surface area contributed by atoms with Crippen LogP contribution in [0.1, 0.15) is 67.6 Å². The number of H-pyrrole nitrogens is 1. The number of pyridine rings is 1. The number of aromatic nitrogens is 5.